The summed E-state index contributed by atoms with van der Waals surface area (Å²) in [6.45, 7) is 5.53. The van der Waals surface area contributed by atoms with E-state index < -0.39 is 0 Å². The highest BCUT2D eigenvalue weighted by atomic mass is 16.5. The highest BCUT2D eigenvalue weighted by Gasteiger charge is 1.96. The van der Waals surface area contributed by atoms with Crippen molar-refractivity contribution >= 4 is 11.6 Å². The summed E-state index contributed by atoms with van der Waals surface area (Å²) >= 11 is 0. The molecule has 4 heteroatoms. The fourth-order valence-electron chi connectivity index (χ4n) is 1.15. The van der Waals surface area contributed by atoms with Crippen LogP contribution in [0.25, 0.3) is 0 Å². The molecule has 1 heterocycles. The standard InChI is InChI=1S/C11H19N3O/c1-9(2)15-8-7-13-11-6-4-5-10(12-3)14-11/h4-6,9H,7-8H2,1-3H3,(H2,12,13,14). The quantitative estimate of drug-likeness (QED) is 0.703. The highest BCUT2D eigenvalue weighted by Crippen LogP contribution is 2.07. The van der Waals surface area contributed by atoms with E-state index in [9.17, 15) is 0 Å². The van der Waals surface area contributed by atoms with Crippen molar-refractivity contribution in [3.63, 3.8) is 0 Å². The molecule has 0 bridgehead atoms. The number of aromatic nitrogens is 1. The number of nitrogens with one attached hydrogen (secondary N) is 2. The van der Waals surface area contributed by atoms with Gasteiger partial charge in [0.2, 0.25) is 0 Å². The van der Waals surface area contributed by atoms with Crippen LogP contribution < -0.4 is 10.6 Å². The number of hydrogen-bond acceptors (Lipinski definition) is 4. The van der Waals surface area contributed by atoms with Crippen molar-refractivity contribution < 1.29 is 4.74 Å². The molecular formula is C11H19N3O. The Morgan fingerprint density at radius 3 is 2.73 bits per heavy atom. The van der Waals surface area contributed by atoms with Gasteiger partial charge < -0.3 is 15.4 Å². The van der Waals surface area contributed by atoms with Crippen LogP contribution in [0.3, 0.4) is 0 Å². The third kappa shape index (κ3) is 4.65. The van der Waals surface area contributed by atoms with E-state index >= 15 is 0 Å². The van der Waals surface area contributed by atoms with E-state index in [-0.39, 0.29) is 6.10 Å². The number of anilines is 2. The highest BCUT2D eigenvalue weighted by molar-refractivity contribution is 5.44. The molecule has 0 spiro atoms. The van der Waals surface area contributed by atoms with Gasteiger partial charge in [-0.25, -0.2) is 4.98 Å². The Kier molecular flexibility index (Phi) is 4.90. The van der Waals surface area contributed by atoms with Crippen molar-refractivity contribution in [3.8, 4) is 0 Å². The summed E-state index contributed by atoms with van der Waals surface area (Å²) in [5.74, 6) is 1.74. The SMILES string of the molecule is CNc1cccc(NCCOC(C)C)n1. The van der Waals surface area contributed by atoms with E-state index in [0.29, 0.717) is 6.61 Å². The van der Waals surface area contributed by atoms with Gasteiger partial charge in [-0.1, -0.05) is 6.07 Å². The van der Waals surface area contributed by atoms with Gasteiger partial charge in [0.05, 0.1) is 12.7 Å². The third-order valence-electron chi connectivity index (χ3n) is 1.86. The maximum Gasteiger partial charge on any atom is 0.128 e. The van der Waals surface area contributed by atoms with Gasteiger partial charge in [-0.2, -0.15) is 0 Å². The zero-order valence-corrected chi connectivity index (χ0v) is 9.58. The molecule has 0 aliphatic rings. The average Bonchev–Trinajstić information content (AvgIpc) is 2.24. The van der Waals surface area contributed by atoms with Crippen molar-refractivity contribution in [3.05, 3.63) is 18.2 Å². The van der Waals surface area contributed by atoms with Crippen LogP contribution in [0.4, 0.5) is 11.6 Å². The van der Waals surface area contributed by atoms with Gasteiger partial charge in [0.1, 0.15) is 11.6 Å². The molecule has 4 nitrogen and oxygen atoms in total. The van der Waals surface area contributed by atoms with Crippen LogP contribution in [0.2, 0.25) is 0 Å². The molecule has 0 unspecified atom stereocenters. The molecule has 0 aliphatic heterocycles. The van der Waals surface area contributed by atoms with Crippen LogP contribution in [0.5, 0.6) is 0 Å². The van der Waals surface area contributed by atoms with Crippen molar-refractivity contribution in [2.45, 2.75) is 20.0 Å². The fraction of sp³-hybridized carbons (Fsp3) is 0.545. The second-order valence-electron chi connectivity index (χ2n) is 3.50. The van der Waals surface area contributed by atoms with Gasteiger partial charge in [0.15, 0.2) is 0 Å². The van der Waals surface area contributed by atoms with Gasteiger partial charge in [-0.05, 0) is 26.0 Å². The molecule has 1 aromatic rings. The van der Waals surface area contributed by atoms with Gasteiger partial charge in [0.25, 0.3) is 0 Å². The molecule has 0 fully saturated rings. The first-order valence-electron chi connectivity index (χ1n) is 5.22. The first kappa shape index (κ1) is 11.8. The van der Waals surface area contributed by atoms with E-state index in [0.717, 1.165) is 18.2 Å². The molecule has 0 atom stereocenters. The fourth-order valence-corrected chi connectivity index (χ4v) is 1.15. The van der Waals surface area contributed by atoms with E-state index in [2.05, 4.69) is 15.6 Å². The molecule has 1 rings (SSSR count). The minimum Gasteiger partial charge on any atom is -0.377 e. The van der Waals surface area contributed by atoms with Crippen molar-refractivity contribution in [1.29, 1.82) is 0 Å². The maximum atomic E-state index is 5.41. The molecule has 15 heavy (non-hydrogen) atoms. The summed E-state index contributed by atoms with van der Waals surface area (Å²) in [6.07, 6.45) is 0.281. The van der Waals surface area contributed by atoms with E-state index in [1.165, 1.54) is 0 Å². The summed E-state index contributed by atoms with van der Waals surface area (Å²) < 4.78 is 5.41. The second-order valence-corrected chi connectivity index (χ2v) is 3.50. The van der Waals surface area contributed by atoms with Crippen LogP contribution in [0, 0.1) is 0 Å². The predicted octanol–water partition coefficient (Wildman–Crippen LogP) is 1.96. The Hall–Kier alpha value is -1.29. The van der Waals surface area contributed by atoms with Crippen molar-refractivity contribution in [2.24, 2.45) is 0 Å². The molecule has 84 valence electrons. The largest absolute Gasteiger partial charge is 0.377 e. The van der Waals surface area contributed by atoms with Gasteiger partial charge in [0, 0.05) is 13.6 Å². The first-order valence-corrected chi connectivity index (χ1v) is 5.22. The smallest absolute Gasteiger partial charge is 0.128 e. The van der Waals surface area contributed by atoms with Crippen LogP contribution in [-0.4, -0.2) is 31.3 Å². The molecule has 0 amide bonds. The van der Waals surface area contributed by atoms with Crippen molar-refractivity contribution in [1.82, 2.24) is 4.98 Å². The van der Waals surface area contributed by atoms with E-state index in [1.807, 2.05) is 39.1 Å². The Bertz CT molecular complexity index is 289. The predicted molar refractivity (Wildman–Crippen MR) is 63.4 cm³/mol. The lowest BCUT2D eigenvalue weighted by molar-refractivity contribution is 0.0870. The minimum atomic E-state index is 0.281. The van der Waals surface area contributed by atoms with E-state index in [4.69, 9.17) is 4.74 Å². The van der Waals surface area contributed by atoms with Crippen LogP contribution in [0.1, 0.15) is 13.8 Å². The van der Waals surface area contributed by atoms with Gasteiger partial charge in [-0.3, -0.25) is 0 Å². The summed E-state index contributed by atoms with van der Waals surface area (Å²) in [7, 11) is 1.86. The molecule has 0 radical (unpaired) electrons. The second kappa shape index (κ2) is 6.24. The number of ether oxygens (including phenoxy) is 1. The van der Waals surface area contributed by atoms with E-state index in [1.54, 1.807) is 0 Å². The summed E-state index contributed by atoms with van der Waals surface area (Å²) in [6, 6.07) is 5.83. The number of nitrogens with zero attached hydrogens (tertiary/aromatic N) is 1. The molecule has 0 saturated heterocycles. The molecule has 0 aliphatic carbocycles. The lowest BCUT2D eigenvalue weighted by Gasteiger charge is -2.09. The lowest BCUT2D eigenvalue weighted by atomic mass is 10.4. The monoisotopic (exact) mass is 209 g/mol. The third-order valence-corrected chi connectivity index (χ3v) is 1.86. The Morgan fingerprint density at radius 1 is 1.33 bits per heavy atom. The number of pyridine rings is 1. The van der Waals surface area contributed by atoms with Crippen LogP contribution in [-0.2, 0) is 4.74 Å². The zero-order chi connectivity index (χ0) is 11.1. The van der Waals surface area contributed by atoms with Gasteiger partial charge >= 0.3 is 0 Å². The van der Waals surface area contributed by atoms with Crippen LogP contribution in [0.15, 0.2) is 18.2 Å². The van der Waals surface area contributed by atoms with Crippen molar-refractivity contribution in [2.75, 3.05) is 30.8 Å². The topological polar surface area (TPSA) is 46.2 Å². The summed E-state index contributed by atoms with van der Waals surface area (Å²) in [5, 5.41) is 6.19. The maximum absolute atomic E-state index is 5.41. The number of rotatable bonds is 6. The minimum absolute atomic E-state index is 0.281. The average molecular weight is 209 g/mol. The molecule has 0 saturated carbocycles. The molecular weight excluding hydrogens is 190 g/mol. The molecule has 2 N–H and O–H groups in total. The summed E-state index contributed by atoms with van der Waals surface area (Å²) in [5.41, 5.74) is 0. The number of hydrogen-bond donors (Lipinski definition) is 2. The Labute approximate surface area is 91.1 Å². The van der Waals surface area contributed by atoms with Gasteiger partial charge in [-0.15, -0.1) is 0 Å². The molecule has 1 aromatic heterocycles. The first-order chi connectivity index (χ1) is 7.22. The lowest BCUT2D eigenvalue weighted by Crippen LogP contribution is -2.13. The van der Waals surface area contributed by atoms with Crippen LogP contribution >= 0.6 is 0 Å². The Balaban J connectivity index is 2.30. The zero-order valence-electron chi connectivity index (χ0n) is 9.58. The Morgan fingerprint density at radius 2 is 2.07 bits per heavy atom. The summed E-state index contributed by atoms with van der Waals surface area (Å²) in [4.78, 5) is 4.33. The molecule has 0 aromatic carbocycles. The normalized spacial score (nSPS) is 10.4.